The third kappa shape index (κ3) is 2.67. The topological polar surface area (TPSA) is 97.6 Å². The van der Waals surface area contributed by atoms with Crippen molar-refractivity contribution >= 4 is 34.4 Å². The zero-order valence-electron chi connectivity index (χ0n) is 17.5. The van der Waals surface area contributed by atoms with Crippen molar-refractivity contribution in [2.45, 2.75) is 24.5 Å². The summed E-state index contributed by atoms with van der Waals surface area (Å²) in [5, 5.41) is 9.87. The maximum absolute atomic E-state index is 13.7. The van der Waals surface area contributed by atoms with Crippen molar-refractivity contribution in [1.82, 2.24) is 14.8 Å². The molecule has 3 aliphatic rings. The minimum absolute atomic E-state index is 0.144. The molecule has 0 spiro atoms. The van der Waals surface area contributed by atoms with Crippen molar-refractivity contribution in [2.24, 2.45) is 0 Å². The van der Waals surface area contributed by atoms with Crippen LogP contribution in [0.25, 0.3) is 10.9 Å². The van der Waals surface area contributed by atoms with E-state index in [1.807, 2.05) is 0 Å². The number of likely N-dealkylation sites (tertiary alicyclic amines) is 1. The van der Waals surface area contributed by atoms with Crippen LogP contribution >= 0.6 is 0 Å². The van der Waals surface area contributed by atoms with E-state index in [0.717, 1.165) is 17.0 Å². The highest BCUT2D eigenvalue weighted by atomic mass is 19.1. The molecule has 0 N–H and O–H groups in total. The first kappa shape index (κ1) is 20.2. The lowest BCUT2D eigenvalue weighted by molar-refractivity contribution is -0.121. The number of imide groups is 1. The summed E-state index contributed by atoms with van der Waals surface area (Å²) in [6, 6.07) is 8.67. The van der Waals surface area contributed by atoms with Crippen LogP contribution in [0.15, 0.2) is 48.7 Å². The lowest BCUT2D eigenvalue weighted by atomic mass is 10.1. The van der Waals surface area contributed by atoms with Crippen molar-refractivity contribution in [3.05, 3.63) is 71.4 Å². The largest absolute Gasteiger partial charge is 0.332 e. The Kier molecular flexibility index (Phi) is 4.20. The van der Waals surface area contributed by atoms with E-state index >= 15 is 0 Å². The molecule has 3 atom stereocenters. The zero-order valence-corrected chi connectivity index (χ0v) is 17.5. The number of aromatic nitrogens is 1. The van der Waals surface area contributed by atoms with Crippen molar-refractivity contribution in [2.75, 3.05) is 11.4 Å². The highest BCUT2D eigenvalue weighted by Gasteiger charge is 2.63. The number of amides is 4. The lowest BCUT2D eigenvalue weighted by Gasteiger charge is -2.34. The number of hydrogen-bond donors (Lipinski definition) is 0. The Balaban J connectivity index is 1.37. The molecule has 1 aromatic heterocycles. The first-order chi connectivity index (χ1) is 16.4. The molecule has 10 heteroatoms. The van der Waals surface area contributed by atoms with Crippen molar-refractivity contribution in [3.63, 3.8) is 0 Å². The molecule has 34 heavy (non-hydrogen) atoms. The Bertz CT molecular complexity index is 1450. The zero-order chi connectivity index (χ0) is 23.7. The van der Waals surface area contributed by atoms with E-state index in [0.29, 0.717) is 34.6 Å². The van der Waals surface area contributed by atoms with Gasteiger partial charge in [-0.2, -0.15) is 5.26 Å². The van der Waals surface area contributed by atoms with Gasteiger partial charge in [-0.15, -0.1) is 0 Å². The summed E-state index contributed by atoms with van der Waals surface area (Å²) in [6.07, 6.45) is 1.94. The van der Waals surface area contributed by atoms with Crippen LogP contribution in [0.4, 0.5) is 19.3 Å². The molecule has 3 fully saturated rings. The van der Waals surface area contributed by atoms with E-state index in [2.05, 4.69) is 11.1 Å². The number of pyridine rings is 1. The predicted octanol–water partition coefficient (Wildman–Crippen LogP) is 2.82. The molecule has 2 bridgehead atoms. The summed E-state index contributed by atoms with van der Waals surface area (Å²) < 4.78 is 27.3. The highest BCUT2D eigenvalue weighted by Crippen LogP contribution is 2.44. The number of carbonyl (C=O) groups excluding carboxylic acids is 3. The van der Waals surface area contributed by atoms with Crippen LogP contribution in [0.1, 0.15) is 22.3 Å². The summed E-state index contributed by atoms with van der Waals surface area (Å²) in [4.78, 5) is 48.1. The standard InChI is InChI=1S/C24H15F2N5O3/c25-14-6-13(7-15(26)8-14)22(32)29-11-16-9-19(29)21-23(33)31(24(34)30(16)21)18-4-3-12(10-27)20-17(18)2-1-5-28-20/h1-8,16,19,21H,9,11H2/t16?,19?,21-/m1/s1. The fourth-order valence-electron chi connectivity index (χ4n) is 5.40. The van der Waals surface area contributed by atoms with E-state index in [1.165, 1.54) is 22.1 Å². The molecular weight excluding hydrogens is 444 g/mol. The van der Waals surface area contributed by atoms with Gasteiger partial charge in [-0.1, -0.05) is 0 Å². The van der Waals surface area contributed by atoms with Crippen molar-refractivity contribution < 1.29 is 23.2 Å². The fourth-order valence-corrected chi connectivity index (χ4v) is 5.40. The molecule has 3 aliphatic heterocycles. The maximum atomic E-state index is 13.7. The number of urea groups is 1. The van der Waals surface area contributed by atoms with Gasteiger partial charge < -0.3 is 9.80 Å². The molecule has 8 nitrogen and oxygen atoms in total. The Hall–Kier alpha value is -4.39. The van der Waals surface area contributed by atoms with Gasteiger partial charge in [0, 0.05) is 29.8 Å². The van der Waals surface area contributed by atoms with Crippen molar-refractivity contribution in [1.29, 1.82) is 5.26 Å². The van der Waals surface area contributed by atoms with Gasteiger partial charge in [0.2, 0.25) is 0 Å². The minimum atomic E-state index is -0.893. The molecule has 4 amide bonds. The van der Waals surface area contributed by atoms with Gasteiger partial charge in [0.05, 0.1) is 28.9 Å². The average molecular weight is 459 g/mol. The third-order valence-corrected chi connectivity index (χ3v) is 6.74. The molecule has 2 aromatic carbocycles. The smallest absolute Gasteiger partial charge is 0.331 e. The molecule has 2 unspecified atom stereocenters. The van der Waals surface area contributed by atoms with Gasteiger partial charge in [0.15, 0.2) is 0 Å². The predicted molar refractivity (Wildman–Crippen MR) is 115 cm³/mol. The number of rotatable bonds is 2. The molecule has 0 saturated carbocycles. The molecule has 3 aromatic rings. The number of halogens is 2. The number of carbonyl (C=O) groups is 3. The number of benzene rings is 2. The monoisotopic (exact) mass is 459 g/mol. The summed E-state index contributed by atoms with van der Waals surface area (Å²) in [5.41, 5.74) is 0.867. The summed E-state index contributed by atoms with van der Waals surface area (Å²) in [6.45, 7) is 0.167. The molecule has 4 heterocycles. The normalized spacial score (nSPS) is 23.1. The number of fused-ring (bicyclic) bond motifs is 6. The Morgan fingerprint density at radius 1 is 1.12 bits per heavy atom. The Labute approximate surface area is 191 Å². The Morgan fingerprint density at radius 2 is 1.88 bits per heavy atom. The number of nitriles is 1. The molecule has 168 valence electrons. The molecule has 0 aliphatic carbocycles. The fraction of sp³-hybridized carbons (Fsp3) is 0.208. The lowest BCUT2D eigenvalue weighted by Crippen LogP contribution is -2.54. The number of nitrogens with zero attached hydrogens (tertiary/aromatic N) is 5. The number of piperazine rings is 1. The summed E-state index contributed by atoms with van der Waals surface area (Å²) in [5.74, 6) is -2.81. The van der Waals surface area contributed by atoms with Gasteiger partial charge in [0.25, 0.3) is 11.8 Å². The second-order valence-electron chi connectivity index (χ2n) is 8.52. The highest BCUT2D eigenvalue weighted by molar-refractivity contribution is 6.25. The second-order valence-corrected chi connectivity index (χ2v) is 8.52. The van der Waals surface area contributed by atoms with Crippen LogP contribution in [-0.2, 0) is 4.79 Å². The van der Waals surface area contributed by atoms with Crippen LogP contribution in [0.2, 0.25) is 0 Å². The van der Waals surface area contributed by atoms with Crippen LogP contribution in [0.3, 0.4) is 0 Å². The molecule has 6 rings (SSSR count). The van der Waals surface area contributed by atoms with Crippen LogP contribution in [0.5, 0.6) is 0 Å². The molecule has 0 radical (unpaired) electrons. The van der Waals surface area contributed by atoms with Gasteiger partial charge in [0.1, 0.15) is 23.7 Å². The minimum Gasteiger partial charge on any atom is -0.331 e. The Morgan fingerprint density at radius 3 is 2.62 bits per heavy atom. The van der Waals surface area contributed by atoms with Gasteiger partial charge >= 0.3 is 6.03 Å². The second kappa shape index (κ2) is 7.05. The third-order valence-electron chi connectivity index (χ3n) is 6.74. The van der Waals surface area contributed by atoms with Crippen molar-refractivity contribution in [3.8, 4) is 6.07 Å². The number of anilines is 1. The van der Waals surface area contributed by atoms with Gasteiger partial charge in [-0.05, 0) is 42.8 Å². The van der Waals surface area contributed by atoms with E-state index in [1.54, 1.807) is 18.2 Å². The van der Waals surface area contributed by atoms with E-state index in [9.17, 15) is 28.4 Å². The first-order valence-corrected chi connectivity index (χ1v) is 10.6. The van der Waals surface area contributed by atoms with E-state index in [4.69, 9.17) is 0 Å². The quantitative estimate of drug-likeness (QED) is 0.549. The molecule has 3 saturated heterocycles. The SMILES string of the molecule is N#Cc1ccc(N2C(=O)[C@H]3C4CC(CN4C(=O)c4cc(F)cc(F)c4)N3C2=O)c2cccnc12. The van der Waals surface area contributed by atoms with E-state index < -0.39 is 41.6 Å². The van der Waals surface area contributed by atoms with Crippen LogP contribution in [-0.4, -0.2) is 57.3 Å². The maximum Gasteiger partial charge on any atom is 0.332 e. The first-order valence-electron chi connectivity index (χ1n) is 10.6. The molecular formula is C24H15F2N5O3. The van der Waals surface area contributed by atoms with Gasteiger partial charge in [-0.25, -0.2) is 18.5 Å². The summed E-state index contributed by atoms with van der Waals surface area (Å²) >= 11 is 0. The van der Waals surface area contributed by atoms with Gasteiger partial charge in [-0.3, -0.25) is 14.6 Å². The van der Waals surface area contributed by atoms with Crippen LogP contribution in [0, 0.1) is 23.0 Å². The number of hydrogen-bond acceptors (Lipinski definition) is 5. The van der Waals surface area contributed by atoms with Crippen LogP contribution < -0.4 is 4.90 Å². The average Bonchev–Trinajstić information content (AvgIpc) is 3.49. The summed E-state index contributed by atoms with van der Waals surface area (Å²) in [7, 11) is 0. The van der Waals surface area contributed by atoms with E-state index in [-0.39, 0.29) is 18.2 Å².